The summed E-state index contributed by atoms with van der Waals surface area (Å²) in [7, 11) is 0. The molecule has 4 nitrogen and oxygen atoms in total. The molecule has 0 saturated heterocycles. The van der Waals surface area contributed by atoms with Crippen LogP contribution < -0.4 is 5.32 Å². The van der Waals surface area contributed by atoms with Gasteiger partial charge in [0.25, 0.3) is 5.69 Å². The fraction of sp³-hybridized carbons (Fsp3) is 0.263. The fourth-order valence-electron chi connectivity index (χ4n) is 3.97. The molecule has 0 spiro atoms. The Hall–Kier alpha value is -2.69. The third kappa shape index (κ3) is 2.28. The van der Waals surface area contributed by atoms with Crippen LogP contribution in [0, 0.1) is 28.8 Å². The SMILES string of the molecule is Cc1cc([N+](=O)[O-])cc2c1N[C@H](c1ccc(F)cc1)[C@H]1CC=C[C@H]21. The van der Waals surface area contributed by atoms with Crippen molar-refractivity contribution in [3.63, 3.8) is 0 Å². The Balaban J connectivity index is 1.82. The van der Waals surface area contributed by atoms with Crippen molar-refractivity contribution in [1.29, 1.82) is 0 Å². The van der Waals surface area contributed by atoms with Crippen LogP contribution in [-0.4, -0.2) is 4.92 Å². The smallest absolute Gasteiger partial charge is 0.270 e. The van der Waals surface area contributed by atoms with E-state index in [1.807, 2.05) is 19.1 Å². The van der Waals surface area contributed by atoms with Crippen LogP contribution in [0.2, 0.25) is 0 Å². The van der Waals surface area contributed by atoms with Gasteiger partial charge in [-0.15, -0.1) is 0 Å². The largest absolute Gasteiger partial charge is 0.377 e. The Bertz CT molecular complexity index is 845. The third-order valence-electron chi connectivity index (χ3n) is 5.09. The van der Waals surface area contributed by atoms with E-state index >= 15 is 0 Å². The van der Waals surface area contributed by atoms with Gasteiger partial charge < -0.3 is 5.32 Å². The number of nitro benzene ring substituents is 1. The Morgan fingerprint density at radius 3 is 2.71 bits per heavy atom. The lowest BCUT2D eigenvalue weighted by Crippen LogP contribution is -2.29. The Kier molecular flexibility index (Phi) is 3.37. The molecule has 0 fully saturated rings. The van der Waals surface area contributed by atoms with Gasteiger partial charge in [-0.3, -0.25) is 10.1 Å². The number of halogens is 1. The van der Waals surface area contributed by atoms with Gasteiger partial charge in [0, 0.05) is 23.7 Å². The average Bonchev–Trinajstić information content (AvgIpc) is 3.05. The number of non-ortho nitro benzene ring substituents is 1. The van der Waals surface area contributed by atoms with Gasteiger partial charge in [0.1, 0.15) is 5.82 Å². The number of nitro groups is 1. The second-order valence-electron chi connectivity index (χ2n) is 6.51. The second-order valence-corrected chi connectivity index (χ2v) is 6.51. The lowest BCUT2D eigenvalue weighted by Gasteiger charge is -2.38. The van der Waals surface area contributed by atoms with E-state index in [0.29, 0.717) is 0 Å². The standard InChI is InChI=1S/C19H17FN2O2/c1-11-9-14(22(23)24)10-17-15-3-2-4-16(15)19(21-18(11)17)12-5-7-13(20)8-6-12/h2-3,5-10,15-16,19,21H,4H2,1H3/t15-,16-,19+/m0/s1. The topological polar surface area (TPSA) is 55.2 Å². The molecule has 1 aliphatic carbocycles. The highest BCUT2D eigenvalue weighted by Gasteiger charge is 2.39. The molecule has 122 valence electrons. The summed E-state index contributed by atoms with van der Waals surface area (Å²) in [6.45, 7) is 1.89. The monoisotopic (exact) mass is 324 g/mol. The average molecular weight is 324 g/mol. The molecule has 1 aliphatic heterocycles. The summed E-state index contributed by atoms with van der Waals surface area (Å²) in [6.07, 6.45) is 5.18. The first-order valence-electron chi connectivity index (χ1n) is 8.02. The van der Waals surface area contributed by atoms with E-state index in [1.165, 1.54) is 12.1 Å². The minimum Gasteiger partial charge on any atom is -0.377 e. The molecule has 0 amide bonds. The van der Waals surface area contributed by atoms with Crippen molar-refractivity contribution in [3.8, 4) is 0 Å². The zero-order valence-electron chi connectivity index (χ0n) is 13.2. The lowest BCUT2D eigenvalue weighted by atomic mass is 9.76. The van der Waals surface area contributed by atoms with E-state index in [2.05, 4.69) is 17.5 Å². The third-order valence-corrected chi connectivity index (χ3v) is 5.09. The molecule has 4 rings (SSSR count). The van der Waals surface area contributed by atoms with Gasteiger partial charge in [-0.05, 0) is 48.1 Å². The predicted molar refractivity (Wildman–Crippen MR) is 90.6 cm³/mol. The Labute approximate surface area is 139 Å². The predicted octanol–water partition coefficient (Wildman–Crippen LogP) is 4.87. The van der Waals surface area contributed by atoms with Crippen LogP contribution in [0.1, 0.15) is 35.1 Å². The molecule has 24 heavy (non-hydrogen) atoms. The van der Waals surface area contributed by atoms with Crippen molar-refractivity contribution in [3.05, 3.63) is 81.2 Å². The summed E-state index contributed by atoms with van der Waals surface area (Å²) < 4.78 is 13.2. The number of fused-ring (bicyclic) bond motifs is 3. The minimum absolute atomic E-state index is 0.0678. The van der Waals surface area contributed by atoms with E-state index in [9.17, 15) is 14.5 Å². The molecule has 1 N–H and O–H groups in total. The van der Waals surface area contributed by atoms with Gasteiger partial charge in [-0.2, -0.15) is 0 Å². The number of hydrogen-bond donors (Lipinski definition) is 1. The van der Waals surface area contributed by atoms with Crippen molar-refractivity contribution in [2.75, 3.05) is 5.32 Å². The van der Waals surface area contributed by atoms with Crippen LogP contribution in [0.5, 0.6) is 0 Å². The van der Waals surface area contributed by atoms with Crippen molar-refractivity contribution in [1.82, 2.24) is 0 Å². The summed E-state index contributed by atoms with van der Waals surface area (Å²) in [4.78, 5) is 10.8. The first-order chi connectivity index (χ1) is 11.5. The molecular weight excluding hydrogens is 307 g/mol. The number of rotatable bonds is 2. The molecule has 0 aromatic heterocycles. The highest BCUT2D eigenvalue weighted by Crippen LogP contribution is 2.51. The number of allylic oxidation sites excluding steroid dienone is 2. The van der Waals surface area contributed by atoms with Crippen LogP contribution in [-0.2, 0) is 0 Å². The van der Waals surface area contributed by atoms with Crippen LogP contribution in [0.4, 0.5) is 15.8 Å². The van der Waals surface area contributed by atoms with E-state index in [1.54, 1.807) is 12.1 Å². The van der Waals surface area contributed by atoms with Gasteiger partial charge in [0.15, 0.2) is 0 Å². The summed E-state index contributed by atoms with van der Waals surface area (Å²) in [5.74, 6) is 0.183. The quantitative estimate of drug-likeness (QED) is 0.487. The Morgan fingerprint density at radius 1 is 1.25 bits per heavy atom. The molecule has 0 unspecified atom stereocenters. The fourth-order valence-corrected chi connectivity index (χ4v) is 3.97. The van der Waals surface area contributed by atoms with Crippen LogP contribution in [0.25, 0.3) is 0 Å². The maximum atomic E-state index is 13.2. The summed E-state index contributed by atoms with van der Waals surface area (Å²) in [5, 5.41) is 14.7. The maximum Gasteiger partial charge on any atom is 0.270 e. The summed E-state index contributed by atoms with van der Waals surface area (Å²) >= 11 is 0. The molecule has 0 saturated carbocycles. The first kappa shape index (κ1) is 14.9. The van der Waals surface area contributed by atoms with E-state index in [-0.39, 0.29) is 34.3 Å². The minimum atomic E-state index is -0.340. The summed E-state index contributed by atoms with van der Waals surface area (Å²) in [6, 6.07) is 9.94. The van der Waals surface area contributed by atoms with Crippen LogP contribution >= 0.6 is 0 Å². The van der Waals surface area contributed by atoms with Gasteiger partial charge in [-0.1, -0.05) is 24.3 Å². The van der Waals surface area contributed by atoms with Gasteiger partial charge >= 0.3 is 0 Å². The van der Waals surface area contributed by atoms with E-state index in [4.69, 9.17) is 0 Å². The van der Waals surface area contributed by atoms with Crippen molar-refractivity contribution in [2.24, 2.45) is 5.92 Å². The number of nitrogens with zero attached hydrogens (tertiary/aromatic N) is 1. The zero-order valence-corrected chi connectivity index (χ0v) is 13.2. The van der Waals surface area contributed by atoms with Crippen molar-refractivity contribution >= 4 is 11.4 Å². The summed E-state index contributed by atoms with van der Waals surface area (Å²) in [5.41, 5.74) is 3.98. The number of benzene rings is 2. The van der Waals surface area contributed by atoms with Crippen molar-refractivity contribution in [2.45, 2.75) is 25.3 Å². The van der Waals surface area contributed by atoms with E-state index < -0.39 is 0 Å². The maximum absolute atomic E-state index is 13.2. The molecule has 2 aromatic rings. The van der Waals surface area contributed by atoms with Crippen LogP contribution in [0.15, 0.2) is 48.6 Å². The molecule has 0 radical (unpaired) electrons. The van der Waals surface area contributed by atoms with Crippen molar-refractivity contribution < 1.29 is 9.31 Å². The van der Waals surface area contributed by atoms with Gasteiger partial charge in [0.05, 0.1) is 11.0 Å². The second kappa shape index (κ2) is 5.44. The van der Waals surface area contributed by atoms with Gasteiger partial charge in [0.2, 0.25) is 0 Å². The molecule has 0 bridgehead atoms. The Morgan fingerprint density at radius 2 is 2.00 bits per heavy atom. The number of anilines is 1. The molecule has 1 heterocycles. The van der Waals surface area contributed by atoms with E-state index in [0.717, 1.165) is 28.8 Å². The van der Waals surface area contributed by atoms with Crippen LogP contribution in [0.3, 0.4) is 0 Å². The highest BCUT2D eigenvalue weighted by atomic mass is 19.1. The first-order valence-corrected chi connectivity index (χ1v) is 8.02. The molecule has 2 aromatic carbocycles. The molecule has 3 atom stereocenters. The normalized spacial score (nSPS) is 24.2. The number of nitrogens with one attached hydrogen (secondary N) is 1. The lowest BCUT2D eigenvalue weighted by molar-refractivity contribution is -0.385. The number of aryl methyl sites for hydroxylation is 1. The molecule has 2 aliphatic rings. The van der Waals surface area contributed by atoms with Gasteiger partial charge in [-0.25, -0.2) is 4.39 Å². The molecule has 5 heteroatoms. The number of hydrogen-bond acceptors (Lipinski definition) is 3. The zero-order chi connectivity index (χ0) is 16.8. The molecular formula is C19H17FN2O2. The highest BCUT2D eigenvalue weighted by molar-refractivity contribution is 5.67.